The molecule has 158 valence electrons. The van der Waals surface area contributed by atoms with Crippen LogP contribution in [0.4, 0.5) is 0 Å². The van der Waals surface area contributed by atoms with Crippen molar-refractivity contribution >= 4 is 11.0 Å². The molecule has 6 rings (SSSR count). The Hall–Kier alpha value is -3.65. The number of nitrogens with zero attached hydrogens (tertiary/aromatic N) is 4. The van der Waals surface area contributed by atoms with E-state index in [0.717, 1.165) is 49.0 Å². The minimum Gasteiger partial charge on any atom is -0.474 e. The number of pyridine rings is 2. The van der Waals surface area contributed by atoms with Gasteiger partial charge in [0, 0.05) is 35.3 Å². The normalized spacial score (nSPS) is 22.0. The zero-order valence-electron chi connectivity index (χ0n) is 17.8. The van der Waals surface area contributed by atoms with Crippen LogP contribution >= 0.6 is 0 Å². The highest BCUT2D eigenvalue weighted by Crippen LogP contribution is 2.37. The first kappa shape index (κ1) is 19.1. The summed E-state index contributed by atoms with van der Waals surface area (Å²) in [6.07, 6.45) is 6.67. The van der Waals surface area contributed by atoms with E-state index in [-0.39, 0.29) is 12.1 Å². The minimum atomic E-state index is 0.0767. The van der Waals surface area contributed by atoms with Crippen molar-refractivity contribution in [2.75, 3.05) is 0 Å². The molecule has 0 unspecified atom stereocenters. The molecule has 0 amide bonds. The summed E-state index contributed by atoms with van der Waals surface area (Å²) in [5.74, 6) is 0.613. The van der Waals surface area contributed by atoms with E-state index < -0.39 is 0 Å². The molecule has 32 heavy (non-hydrogen) atoms. The van der Waals surface area contributed by atoms with Gasteiger partial charge in [0.2, 0.25) is 11.9 Å². The first-order chi connectivity index (χ1) is 15.8. The molecule has 1 aliphatic carbocycles. The summed E-state index contributed by atoms with van der Waals surface area (Å²) in [4.78, 5) is 13.2. The van der Waals surface area contributed by atoms with Gasteiger partial charge in [-0.2, -0.15) is 0 Å². The topological polar surface area (TPSA) is 44.3 Å². The second-order valence-corrected chi connectivity index (χ2v) is 8.80. The number of hydrogen-bond acceptors (Lipinski definition) is 3. The number of ether oxygens (including phenoxy) is 1. The molecular formula is C27H24N4O. The number of benzene rings is 1. The van der Waals surface area contributed by atoms with E-state index in [1.54, 1.807) is 6.20 Å². The molecule has 0 bridgehead atoms. The largest absolute Gasteiger partial charge is 0.474 e. The Morgan fingerprint density at radius 2 is 1.91 bits per heavy atom. The van der Waals surface area contributed by atoms with Gasteiger partial charge >= 0.3 is 0 Å². The van der Waals surface area contributed by atoms with Gasteiger partial charge in [-0.15, -0.1) is 0 Å². The molecule has 1 saturated carbocycles. The maximum absolute atomic E-state index is 7.23. The van der Waals surface area contributed by atoms with Gasteiger partial charge in [0.05, 0.1) is 18.2 Å². The number of rotatable bonds is 4. The van der Waals surface area contributed by atoms with Crippen LogP contribution in [0, 0.1) is 6.57 Å². The molecular weight excluding hydrogens is 396 g/mol. The fraction of sp³-hybridized carbons (Fsp3) is 0.296. The summed E-state index contributed by atoms with van der Waals surface area (Å²) in [6.45, 7) is 7.23. The van der Waals surface area contributed by atoms with Crippen molar-refractivity contribution in [2.45, 2.75) is 50.3 Å². The van der Waals surface area contributed by atoms with Crippen LogP contribution < -0.4 is 4.74 Å². The molecule has 5 nitrogen and oxygen atoms in total. The van der Waals surface area contributed by atoms with Crippen LogP contribution in [0.1, 0.15) is 43.0 Å². The molecule has 0 spiro atoms. The average Bonchev–Trinajstić information content (AvgIpc) is 3.55. The van der Waals surface area contributed by atoms with Gasteiger partial charge in [0.1, 0.15) is 11.8 Å². The Labute approximate surface area is 187 Å². The lowest BCUT2D eigenvalue weighted by Crippen LogP contribution is -2.13. The predicted molar refractivity (Wildman–Crippen MR) is 125 cm³/mol. The van der Waals surface area contributed by atoms with E-state index in [1.807, 2.05) is 12.1 Å². The quantitative estimate of drug-likeness (QED) is 0.389. The Balaban J connectivity index is 1.33. The standard InChI is InChI=1S/C27H24N4O/c1-28-21-8-10-23(17-21)32-26-16-19(13-14-29-26)24-11-7-20-15-22-9-12-25(31(22)27(20)30-24)18-5-3-2-4-6-18/h2-7,11,13-16,21,23,25H,8-10,12,17H2/t21-,23-,25-/m1/s1. The van der Waals surface area contributed by atoms with Crippen molar-refractivity contribution < 1.29 is 4.74 Å². The van der Waals surface area contributed by atoms with Crippen LogP contribution in [0.2, 0.25) is 0 Å². The second-order valence-electron chi connectivity index (χ2n) is 8.80. The van der Waals surface area contributed by atoms with Crippen LogP contribution in [0.3, 0.4) is 0 Å². The molecule has 2 aliphatic rings. The summed E-state index contributed by atoms with van der Waals surface area (Å²) < 4.78 is 8.52. The highest BCUT2D eigenvalue weighted by Gasteiger charge is 2.30. The molecule has 3 atom stereocenters. The lowest BCUT2D eigenvalue weighted by molar-refractivity contribution is 0.201. The number of aromatic nitrogens is 3. The van der Waals surface area contributed by atoms with Gasteiger partial charge in [0.15, 0.2) is 0 Å². The van der Waals surface area contributed by atoms with Crippen molar-refractivity contribution in [3.05, 3.63) is 89.5 Å². The van der Waals surface area contributed by atoms with Crippen molar-refractivity contribution in [3.8, 4) is 17.1 Å². The first-order valence-electron chi connectivity index (χ1n) is 11.3. The Morgan fingerprint density at radius 3 is 2.75 bits per heavy atom. The SMILES string of the molecule is [C-]#[N+][C@@H]1CC[C@@H](Oc2cc(-c3ccc4cc5n(c4n3)[C@@H](c3ccccc3)CC5)ccn2)C1. The summed E-state index contributed by atoms with van der Waals surface area (Å²) in [5.41, 5.74) is 5.66. The zero-order valence-corrected chi connectivity index (χ0v) is 17.8. The summed E-state index contributed by atoms with van der Waals surface area (Å²) in [6, 6.07) is 21.6. The molecule has 0 radical (unpaired) electrons. The van der Waals surface area contributed by atoms with Gasteiger partial charge in [-0.1, -0.05) is 30.3 Å². The van der Waals surface area contributed by atoms with Crippen LogP contribution in [0.25, 0.3) is 27.1 Å². The fourth-order valence-electron chi connectivity index (χ4n) is 5.20. The zero-order chi connectivity index (χ0) is 21.5. The van der Waals surface area contributed by atoms with Gasteiger partial charge < -0.3 is 14.1 Å². The lowest BCUT2D eigenvalue weighted by atomic mass is 10.0. The molecule has 0 saturated heterocycles. The smallest absolute Gasteiger partial charge is 0.227 e. The second kappa shape index (κ2) is 7.80. The van der Waals surface area contributed by atoms with E-state index in [1.165, 1.54) is 16.6 Å². The van der Waals surface area contributed by atoms with E-state index in [9.17, 15) is 0 Å². The molecule has 1 aromatic carbocycles. The first-order valence-corrected chi connectivity index (χ1v) is 11.3. The van der Waals surface area contributed by atoms with Gasteiger partial charge in [-0.3, -0.25) is 0 Å². The monoisotopic (exact) mass is 420 g/mol. The van der Waals surface area contributed by atoms with Crippen molar-refractivity contribution in [2.24, 2.45) is 0 Å². The summed E-state index contributed by atoms with van der Waals surface area (Å²) in [7, 11) is 0. The molecule has 1 fully saturated rings. The number of aryl methyl sites for hydroxylation is 1. The highest BCUT2D eigenvalue weighted by molar-refractivity contribution is 5.81. The maximum atomic E-state index is 7.23. The van der Waals surface area contributed by atoms with Crippen LogP contribution in [0.15, 0.2) is 66.9 Å². The van der Waals surface area contributed by atoms with Crippen LogP contribution in [0.5, 0.6) is 5.88 Å². The van der Waals surface area contributed by atoms with E-state index in [2.05, 4.69) is 62.9 Å². The molecule has 0 N–H and O–H groups in total. The van der Waals surface area contributed by atoms with Gasteiger partial charge in [0.25, 0.3) is 0 Å². The Kier molecular flexibility index (Phi) is 4.65. The Morgan fingerprint density at radius 1 is 1.00 bits per heavy atom. The van der Waals surface area contributed by atoms with Crippen molar-refractivity contribution in [3.63, 3.8) is 0 Å². The van der Waals surface area contributed by atoms with Crippen LogP contribution in [-0.4, -0.2) is 26.7 Å². The predicted octanol–water partition coefficient (Wildman–Crippen LogP) is 5.85. The van der Waals surface area contributed by atoms with Crippen molar-refractivity contribution in [1.82, 2.24) is 14.5 Å². The third-order valence-corrected chi connectivity index (χ3v) is 6.79. The van der Waals surface area contributed by atoms with Crippen LogP contribution in [-0.2, 0) is 6.42 Å². The molecule has 5 heteroatoms. The number of hydrogen-bond donors (Lipinski definition) is 0. The third kappa shape index (κ3) is 3.33. The fourth-order valence-corrected chi connectivity index (χ4v) is 5.20. The Bertz CT molecular complexity index is 1320. The third-order valence-electron chi connectivity index (χ3n) is 6.79. The van der Waals surface area contributed by atoms with E-state index >= 15 is 0 Å². The minimum absolute atomic E-state index is 0.0767. The van der Waals surface area contributed by atoms with Gasteiger partial charge in [-0.05, 0) is 49.1 Å². The van der Waals surface area contributed by atoms with Gasteiger partial charge in [-0.25, -0.2) is 16.5 Å². The molecule has 3 aromatic heterocycles. The molecule has 4 aromatic rings. The maximum Gasteiger partial charge on any atom is 0.227 e. The van der Waals surface area contributed by atoms with Crippen molar-refractivity contribution in [1.29, 1.82) is 0 Å². The summed E-state index contributed by atoms with van der Waals surface area (Å²) in [5, 5.41) is 1.19. The highest BCUT2D eigenvalue weighted by atomic mass is 16.5. The molecule has 1 aliphatic heterocycles. The molecule has 4 heterocycles. The van der Waals surface area contributed by atoms with E-state index in [4.69, 9.17) is 16.3 Å². The average molecular weight is 421 g/mol. The summed E-state index contributed by atoms with van der Waals surface area (Å²) >= 11 is 0. The number of fused-ring (bicyclic) bond motifs is 3. The lowest BCUT2D eigenvalue weighted by Gasteiger charge is -2.15. The van der Waals surface area contributed by atoms with E-state index in [0.29, 0.717) is 11.9 Å².